The number of benzene rings is 3. The van der Waals surface area contributed by atoms with Crippen molar-refractivity contribution in [1.29, 1.82) is 0 Å². The number of sulfonamides is 2. The Hall–Kier alpha value is -6.36. The summed E-state index contributed by atoms with van der Waals surface area (Å²) >= 11 is 0. The van der Waals surface area contributed by atoms with E-state index in [2.05, 4.69) is 24.7 Å². The Kier molecular flexibility index (Phi) is 27.5. The van der Waals surface area contributed by atoms with Gasteiger partial charge in [0.15, 0.2) is 0 Å². The molecule has 22 nitrogen and oxygen atoms in total. The first-order valence-corrected chi connectivity index (χ1v) is 27.6. The van der Waals surface area contributed by atoms with Gasteiger partial charge in [-0.3, -0.25) is 4.79 Å². The smallest absolute Gasteiger partial charge is 0.550 e. The molecule has 5 aromatic rings. The van der Waals surface area contributed by atoms with Crippen molar-refractivity contribution in [3.63, 3.8) is 0 Å². The summed E-state index contributed by atoms with van der Waals surface area (Å²) in [5.41, 5.74) is 3.51. The van der Waals surface area contributed by atoms with Gasteiger partial charge in [-0.2, -0.15) is 0 Å². The van der Waals surface area contributed by atoms with E-state index in [-0.39, 0.29) is 85.6 Å². The molecule has 0 unspecified atom stereocenters. The normalized spacial score (nSPS) is 13.0. The van der Waals surface area contributed by atoms with Crippen LogP contribution in [0.25, 0.3) is 34.7 Å². The molecule has 0 bridgehead atoms. The van der Waals surface area contributed by atoms with Crippen LogP contribution in [0.3, 0.4) is 0 Å². The van der Waals surface area contributed by atoms with E-state index in [9.17, 15) is 75.4 Å². The number of aliphatic hydroxyl groups excluding tert-OH is 4. The molecule has 80 heavy (non-hydrogen) atoms. The van der Waals surface area contributed by atoms with Gasteiger partial charge in [-0.15, -0.1) is 0 Å². The number of nitrogens with zero attached hydrogens (tertiary/aromatic N) is 6. The second-order valence-electron chi connectivity index (χ2n) is 18.3. The van der Waals surface area contributed by atoms with Gasteiger partial charge in [-0.1, -0.05) is 64.1 Å². The van der Waals surface area contributed by atoms with E-state index < -0.39 is 92.8 Å². The molecule has 0 spiro atoms. The second-order valence-corrected chi connectivity index (χ2v) is 22.3. The Bertz CT molecular complexity index is 3050. The number of hydrogen-bond acceptors (Lipinski definition) is 19. The number of carbonyl (C=O) groups is 4. The summed E-state index contributed by atoms with van der Waals surface area (Å²) in [7, 11) is -4.67. The average molecular weight is 1180 g/mol. The van der Waals surface area contributed by atoms with Gasteiger partial charge >= 0.3 is 49.7 Å². The number of hydrogen-bond donors (Lipinski definition) is 5. The fourth-order valence-corrected chi connectivity index (χ4v) is 7.72. The summed E-state index contributed by atoms with van der Waals surface area (Å²) in [4.78, 5) is 60.0. The van der Waals surface area contributed by atoms with Gasteiger partial charge in [0, 0.05) is 80.9 Å². The summed E-state index contributed by atoms with van der Waals surface area (Å²) in [6.07, 6.45) is 1.16. The zero-order valence-electron chi connectivity index (χ0n) is 45.2. The van der Waals surface area contributed by atoms with Crippen molar-refractivity contribution in [2.24, 2.45) is 0 Å². The Morgan fingerprint density at radius 2 is 0.975 bits per heavy atom. The van der Waals surface area contributed by atoms with E-state index in [0.717, 1.165) is 21.1 Å². The molecule has 0 radical (unpaired) electrons. The van der Waals surface area contributed by atoms with Gasteiger partial charge in [-0.25, -0.2) is 59.0 Å². The summed E-state index contributed by atoms with van der Waals surface area (Å²) in [6, 6.07) is 16.9. The van der Waals surface area contributed by atoms with Gasteiger partial charge in [0.25, 0.3) is 0 Å². The van der Waals surface area contributed by atoms with Crippen molar-refractivity contribution in [2.45, 2.75) is 96.6 Å². The molecule has 5 N–H and O–H groups in total. The third-order valence-corrected chi connectivity index (χ3v) is 13.3. The van der Waals surface area contributed by atoms with E-state index in [1.807, 2.05) is 27.7 Å². The molecule has 4 atom stereocenters. The van der Waals surface area contributed by atoms with Gasteiger partial charge in [0.1, 0.15) is 22.9 Å². The maximum atomic E-state index is 13.5. The van der Waals surface area contributed by atoms with Crippen molar-refractivity contribution >= 4 is 106 Å². The van der Waals surface area contributed by atoms with Crippen molar-refractivity contribution in [2.75, 3.05) is 35.2 Å². The quantitative estimate of drug-likeness (QED) is 0.0378. The topological polar surface area (TPSA) is 351 Å². The maximum absolute atomic E-state index is 13.5. The number of rotatable bonds is 22. The van der Waals surface area contributed by atoms with Crippen LogP contribution in [0, 0.1) is 11.6 Å². The molecule has 5 rings (SSSR count). The number of anilines is 2. The number of esters is 1. The molecule has 2 aromatic heterocycles. The molecule has 2 heterocycles. The van der Waals surface area contributed by atoms with Crippen molar-refractivity contribution < 1.29 is 85.3 Å². The molecule has 3 aromatic carbocycles. The number of halogens is 2. The summed E-state index contributed by atoms with van der Waals surface area (Å²) in [6.45, 7) is 8.60. The SMILES string of the molecule is CC(=O)Oc1ccccc1C(=O)O.CC(C)c1nc(N(C)S(C)(=O)=O)nc(-c2ccc(F)cc2)c1/C=C/[C@@H](O)C[C@@H](O)CC(=O)[O-].CC(C)c1nc(N(C)S(C)(=O)=O)nc(-c2ccc(F)cc2)c1/C=C/[C@@H](O)C[C@@H](O)CC(=O)[O-].[Ca+2]. The Morgan fingerprint density at radius 1 is 0.625 bits per heavy atom. The van der Waals surface area contributed by atoms with Crippen molar-refractivity contribution in [1.82, 2.24) is 19.9 Å². The standard InChI is InChI=1S/2C22H28FN3O6S.C9H8O4.Ca/c2*1-13(2)20-18(10-9-16(27)11-17(28)12-19(29)30)21(14-5-7-15(23)8-6-14)25-22(24-20)26(3)33(4,31)32;1-6(10)13-8-5-3-2-4-7(8)9(11)12;/h2*5-10,13,16-17,27-28H,11-12H2,1-4H3,(H,29,30);2-5H,1H3,(H,11,12);/q;;;+2/p-2/b2*10-9+;;/t2*16-,17-;;/m11../s1. The van der Waals surface area contributed by atoms with Crippen LogP contribution in [-0.4, -0.2) is 175 Å². The maximum Gasteiger partial charge on any atom is 2.00 e. The van der Waals surface area contributed by atoms with Crippen LogP contribution >= 0.6 is 0 Å². The molecule has 0 saturated carbocycles. The molecule has 0 aliphatic rings. The Labute approximate surface area is 492 Å². The van der Waals surface area contributed by atoms with Crippen LogP contribution in [0.1, 0.15) is 105 Å². The number of ether oxygens (including phenoxy) is 1. The molecule has 0 amide bonds. The first kappa shape index (κ1) is 69.7. The summed E-state index contributed by atoms with van der Waals surface area (Å²) in [5, 5.41) is 69.8. The number of aliphatic carboxylic acids is 2. The van der Waals surface area contributed by atoms with E-state index in [1.54, 1.807) is 12.1 Å². The summed E-state index contributed by atoms with van der Waals surface area (Å²) in [5.74, 6) is -5.85. The minimum Gasteiger partial charge on any atom is -0.550 e. The second kappa shape index (κ2) is 31.6. The Morgan fingerprint density at radius 3 is 1.27 bits per heavy atom. The van der Waals surface area contributed by atoms with E-state index in [0.29, 0.717) is 45.0 Å². The zero-order chi connectivity index (χ0) is 59.7. The fourth-order valence-electron chi connectivity index (χ4n) is 6.96. The molecular weight excluding hydrogens is 1120 g/mol. The van der Waals surface area contributed by atoms with Gasteiger partial charge in [-0.05, 0) is 72.5 Å². The van der Waals surface area contributed by atoms with Crippen LogP contribution in [0.2, 0.25) is 0 Å². The zero-order valence-corrected chi connectivity index (χ0v) is 49.1. The third-order valence-electron chi connectivity index (χ3n) is 11.0. The van der Waals surface area contributed by atoms with Crippen LogP contribution in [0.5, 0.6) is 5.75 Å². The monoisotopic (exact) mass is 1180 g/mol. The van der Waals surface area contributed by atoms with Crippen LogP contribution in [0.4, 0.5) is 20.7 Å². The van der Waals surface area contributed by atoms with Gasteiger partial charge < -0.3 is 50.1 Å². The van der Waals surface area contributed by atoms with Crippen LogP contribution < -0.4 is 23.6 Å². The number of aromatic nitrogens is 4. The first-order chi connectivity index (χ1) is 36.7. The van der Waals surface area contributed by atoms with E-state index >= 15 is 0 Å². The van der Waals surface area contributed by atoms with E-state index in [1.165, 1.54) is 106 Å². The number of carboxylic acid groups (broad SMARTS) is 3. The molecule has 0 saturated heterocycles. The van der Waals surface area contributed by atoms with Crippen molar-refractivity contribution in [3.8, 4) is 28.3 Å². The first-order valence-electron chi connectivity index (χ1n) is 23.9. The van der Waals surface area contributed by atoms with Crippen molar-refractivity contribution in [3.05, 3.63) is 125 Å². The minimum atomic E-state index is -3.66. The summed E-state index contributed by atoms with van der Waals surface area (Å²) < 4.78 is 81.8. The molecule has 428 valence electrons. The van der Waals surface area contributed by atoms with Gasteiger partial charge in [0.05, 0.1) is 59.7 Å². The number of carbonyl (C=O) groups excluding carboxylic acids is 3. The predicted octanol–water partition coefficient (Wildman–Crippen LogP) is 3.06. The van der Waals surface area contributed by atoms with Crippen LogP contribution in [0.15, 0.2) is 84.9 Å². The van der Waals surface area contributed by atoms with Crippen LogP contribution in [-0.2, 0) is 34.4 Å². The molecular formula is C53H62CaF2N6O16S2. The fraction of sp³-hybridized carbons (Fsp3) is 0.358. The third kappa shape index (κ3) is 22.3. The van der Waals surface area contributed by atoms with Gasteiger partial charge in [0.2, 0.25) is 31.9 Å². The predicted molar refractivity (Wildman–Crippen MR) is 291 cm³/mol. The molecule has 0 aliphatic carbocycles. The number of carboxylic acids is 3. The largest absolute Gasteiger partial charge is 2.00 e. The molecule has 0 fully saturated rings. The minimum absolute atomic E-state index is 0. The van der Waals surface area contributed by atoms with E-state index in [4.69, 9.17) is 5.11 Å². The molecule has 0 aliphatic heterocycles. The average Bonchev–Trinajstić information content (AvgIpc) is 3.33. The number of aromatic carboxylic acids is 1. The number of aliphatic hydroxyl groups is 4. The number of para-hydroxylation sites is 1. The Balaban J connectivity index is 0.000000443. The molecule has 27 heteroatoms.